The third kappa shape index (κ3) is 14.9. The number of nitrogens with zero attached hydrogens (tertiary/aromatic N) is 1. The second kappa shape index (κ2) is 26.1. The van der Waals surface area contributed by atoms with Gasteiger partial charge in [0.15, 0.2) is 0 Å². The molecule has 0 fully saturated rings. The number of halogens is 4. The van der Waals surface area contributed by atoms with Crippen molar-refractivity contribution in [1.82, 2.24) is 0 Å². The molecule has 0 saturated heterocycles. The fourth-order valence-corrected chi connectivity index (χ4v) is 8.02. The minimum absolute atomic E-state index is 0. The molecule has 10 heteroatoms. The molecule has 0 radical (unpaired) electrons. The van der Waals surface area contributed by atoms with Gasteiger partial charge in [0.05, 0.1) is 5.70 Å². The van der Waals surface area contributed by atoms with Crippen LogP contribution in [0.25, 0.3) is 32.7 Å². The summed E-state index contributed by atoms with van der Waals surface area (Å²) in [7, 11) is -0.569. The van der Waals surface area contributed by atoms with E-state index in [4.69, 9.17) is 4.74 Å². The largest absolute Gasteiger partial charge is 4.00 e. The molecule has 56 heavy (non-hydrogen) atoms. The second-order valence-electron chi connectivity index (χ2n) is 13.5. The van der Waals surface area contributed by atoms with E-state index in [0.29, 0.717) is 0 Å². The van der Waals surface area contributed by atoms with Gasteiger partial charge < -0.3 is 54.4 Å². The van der Waals surface area contributed by atoms with Crippen LogP contribution in [-0.2, 0) is 57.1 Å². The second-order valence-corrected chi connectivity index (χ2v) is 18.4. The van der Waals surface area contributed by atoms with Gasteiger partial charge in [-0.2, -0.15) is 23.6 Å². The zero-order valence-electron chi connectivity index (χ0n) is 32.5. The van der Waals surface area contributed by atoms with Crippen molar-refractivity contribution in [3.63, 3.8) is 0 Å². The number of hydrogen-bond acceptors (Lipinski definition) is 2. The van der Waals surface area contributed by atoms with Crippen molar-refractivity contribution in [2.45, 2.75) is 46.1 Å². The molecule has 0 saturated carbocycles. The number of aliphatic imine (C=N–C) groups is 1. The summed E-state index contributed by atoms with van der Waals surface area (Å²) in [5.74, 6) is 1.06. The van der Waals surface area contributed by atoms with Crippen molar-refractivity contribution in [1.29, 1.82) is 0 Å². The van der Waals surface area contributed by atoms with Crippen molar-refractivity contribution in [3.05, 3.63) is 179 Å². The van der Waals surface area contributed by atoms with Crippen LogP contribution in [0.1, 0.15) is 12.5 Å². The first kappa shape index (κ1) is 53.9. The summed E-state index contributed by atoms with van der Waals surface area (Å²) >= 11 is 0. The van der Waals surface area contributed by atoms with E-state index in [1.54, 1.807) is 0 Å². The minimum atomic E-state index is -0.304. The number of hydrogen-bond donors (Lipinski definition) is 0. The van der Waals surface area contributed by atoms with E-state index < -0.39 is 0 Å². The van der Waals surface area contributed by atoms with Crippen molar-refractivity contribution in [3.8, 4) is 11.1 Å². The van der Waals surface area contributed by atoms with Gasteiger partial charge in [-0.1, -0.05) is 92.5 Å². The van der Waals surface area contributed by atoms with Gasteiger partial charge >= 0.3 is 52.4 Å². The summed E-state index contributed by atoms with van der Waals surface area (Å²) in [6.45, 7) is 13.4. The van der Waals surface area contributed by atoms with Gasteiger partial charge in [-0.05, 0) is 60.1 Å². The van der Waals surface area contributed by atoms with Crippen LogP contribution in [0.2, 0.25) is 26.2 Å². The number of benzene rings is 3. The van der Waals surface area contributed by atoms with Crippen molar-refractivity contribution >= 4 is 55.9 Å². The number of aryl methyl sites for hydroxylation is 1. The van der Waals surface area contributed by atoms with E-state index in [9.17, 15) is 0 Å². The molecule has 5 aromatic rings. The third-order valence-electron chi connectivity index (χ3n) is 8.50. The molecular weight excluding hydrogens is 963 g/mol. The van der Waals surface area contributed by atoms with Crippen molar-refractivity contribution < 1.29 is 107 Å². The molecule has 2 aliphatic carbocycles. The molecule has 1 atom stereocenters. The van der Waals surface area contributed by atoms with E-state index in [0.717, 1.165) is 11.5 Å². The Hall–Kier alpha value is -2.11. The van der Waals surface area contributed by atoms with E-state index >= 15 is 0 Å². The Morgan fingerprint density at radius 2 is 1.41 bits per heavy atom. The number of rotatable bonds is 3. The Bertz CT molecular complexity index is 2290. The fourth-order valence-electron chi connectivity index (χ4n) is 6.37. The summed E-state index contributed by atoms with van der Waals surface area (Å²) in [5.41, 5.74) is 14.9. The Balaban J connectivity index is 0.000000706. The van der Waals surface area contributed by atoms with Gasteiger partial charge in [0.25, 0.3) is 0 Å². The molecule has 2 nitrogen and oxygen atoms in total. The quantitative estimate of drug-likeness (QED) is 0.175. The average Bonchev–Trinajstić information content (AvgIpc) is 3.92. The van der Waals surface area contributed by atoms with Gasteiger partial charge in [-0.25, -0.2) is 0 Å². The SMILES string of the molecule is CC1=CC2=CC(C=[Si](C)C)OC2=C1.C[Si](C)=CC1=CC2=CC=NC2=C1.Cc1cc2c(-c3ccccc3)cccc2[cH-]1.[Cl-].[Cl-].[Cl-].[Cl-].[Zr+4].[Zr+4].c1ccc2[cH-]ccc2c1. The van der Waals surface area contributed by atoms with Gasteiger partial charge in [0, 0.05) is 34.2 Å². The minimum Gasteiger partial charge on any atom is -1.00 e. The predicted molar refractivity (Wildman–Crippen MR) is 224 cm³/mol. The van der Waals surface area contributed by atoms with Crippen molar-refractivity contribution in [2.75, 3.05) is 0 Å². The summed E-state index contributed by atoms with van der Waals surface area (Å²) in [4.78, 5) is 4.24. The van der Waals surface area contributed by atoms with Crippen molar-refractivity contribution in [2.24, 2.45) is 4.99 Å². The maximum absolute atomic E-state index is 5.75. The number of allylic oxidation sites excluding steroid dienone is 7. The van der Waals surface area contributed by atoms with E-state index in [-0.39, 0.29) is 125 Å². The molecular formula is C46H45Cl4NOSi2Zr2+2. The maximum Gasteiger partial charge on any atom is 4.00 e. The molecule has 0 spiro atoms. The summed E-state index contributed by atoms with van der Waals surface area (Å²) in [6.07, 6.45) is 15.0. The molecule has 0 bridgehead atoms. The first-order valence-corrected chi connectivity index (χ1v) is 22.5. The zero-order chi connectivity index (χ0) is 35.0. The molecule has 2 aliphatic heterocycles. The molecule has 4 aliphatic rings. The molecule has 1 unspecified atom stereocenters. The standard InChI is InChI=1S/C16H13.C11H14OSi.C10H11NSi.C9H7.4ClH.2Zr/c1-12-10-14-8-5-9-15(16(14)11-12)13-6-3-2-4-7-13;1-8-4-9-6-10(7-13(2)3)12-11(9)5-8;1-12(2)7-8-5-9-3-4-11-10(9)6-8;1-2-5-9-7-3-6-8(9)4-1;;;;;;/h2-11H,1H3;4-7,10H,1-3H3;3-7H,1-2H3;1-7H;4*1H;;/q-1;;;-1;;;;;2*+4/p-4. The topological polar surface area (TPSA) is 21.6 Å². The zero-order valence-corrected chi connectivity index (χ0v) is 42.4. The van der Waals surface area contributed by atoms with Gasteiger partial charge in [-0.15, -0.1) is 64.2 Å². The van der Waals surface area contributed by atoms with Crippen LogP contribution in [0.3, 0.4) is 0 Å². The van der Waals surface area contributed by atoms with Gasteiger partial charge in [-0.3, -0.25) is 4.99 Å². The van der Waals surface area contributed by atoms with Crippen LogP contribution in [-0.4, -0.2) is 40.5 Å². The fraction of sp³-hybridized carbons (Fsp3) is 0.152. The van der Waals surface area contributed by atoms with E-state index in [1.165, 1.54) is 60.5 Å². The Morgan fingerprint density at radius 3 is 2.07 bits per heavy atom. The monoisotopic (exact) mass is 1000 g/mol. The Labute approximate surface area is 399 Å². The van der Waals surface area contributed by atoms with Crippen LogP contribution in [0.15, 0.2) is 178 Å². The smallest absolute Gasteiger partial charge is 1.00 e. The molecule has 0 N–H and O–H groups in total. The van der Waals surface area contributed by atoms with Gasteiger partial charge in [0.1, 0.15) is 11.9 Å². The van der Waals surface area contributed by atoms with Crippen LogP contribution in [0, 0.1) is 6.92 Å². The molecule has 282 valence electrons. The van der Waals surface area contributed by atoms with Crippen LogP contribution < -0.4 is 49.6 Å². The van der Waals surface area contributed by atoms with E-state index in [1.807, 2.05) is 6.21 Å². The Morgan fingerprint density at radius 1 is 0.714 bits per heavy atom. The first-order valence-electron chi connectivity index (χ1n) is 17.3. The van der Waals surface area contributed by atoms with Gasteiger partial charge in [0.2, 0.25) is 0 Å². The number of ether oxygens (including phenoxy) is 1. The molecule has 0 amide bonds. The molecule has 2 heterocycles. The normalized spacial score (nSPS) is 14.3. The van der Waals surface area contributed by atoms with Crippen LogP contribution in [0.5, 0.6) is 0 Å². The molecule has 9 rings (SSSR count). The Kier molecular flexibility index (Phi) is 25.1. The summed E-state index contributed by atoms with van der Waals surface area (Å²) in [5, 5.41) is 5.35. The number of fused-ring (bicyclic) bond motifs is 4. The molecule has 0 aromatic heterocycles. The molecule has 5 aromatic carbocycles. The van der Waals surface area contributed by atoms with Crippen LogP contribution >= 0.6 is 0 Å². The average molecular weight is 1010 g/mol. The first-order chi connectivity index (χ1) is 24.2. The van der Waals surface area contributed by atoms with Crippen LogP contribution in [0.4, 0.5) is 0 Å². The third-order valence-corrected chi connectivity index (χ3v) is 10.4. The predicted octanol–water partition coefficient (Wildman–Crippen LogP) is -0.643. The summed E-state index contributed by atoms with van der Waals surface area (Å²) in [6, 6.07) is 36.2. The summed E-state index contributed by atoms with van der Waals surface area (Å²) < 4.78 is 5.75. The van der Waals surface area contributed by atoms with E-state index in [2.05, 4.69) is 196 Å². The maximum atomic E-state index is 5.75.